The maximum absolute atomic E-state index is 4.99. The maximum Gasteiger partial charge on any atom is 2.00 e. The average molecular weight is 722 g/mol. The van der Waals surface area contributed by atoms with Gasteiger partial charge in [-0.05, 0) is 13.8 Å². The van der Waals surface area contributed by atoms with Gasteiger partial charge in [-0.15, -0.1) is 0 Å². The van der Waals surface area contributed by atoms with Crippen molar-refractivity contribution in [2.75, 3.05) is 0 Å². The minimum Gasteiger partial charge on any atom is -0.391 e. The zero-order valence-corrected chi connectivity index (χ0v) is 27.5. The second kappa shape index (κ2) is 18.8. The van der Waals surface area contributed by atoms with Crippen LogP contribution in [0.15, 0.2) is 60.7 Å². The molecule has 0 saturated carbocycles. The van der Waals surface area contributed by atoms with Gasteiger partial charge in [0.1, 0.15) is 0 Å². The van der Waals surface area contributed by atoms with Gasteiger partial charge >= 0.3 is 46.5 Å². The van der Waals surface area contributed by atoms with E-state index in [0.717, 1.165) is 0 Å². The molecule has 0 radical (unpaired) electrons. The molecule has 0 aliphatic carbocycles. The minimum absolute atomic E-state index is 0. The van der Waals surface area contributed by atoms with Crippen molar-refractivity contribution in [2.45, 2.75) is 13.8 Å². The smallest absolute Gasteiger partial charge is 0.391 e. The Kier molecular flexibility index (Phi) is 24.3. The van der Waals surface area contributed by atoms with Gasteiger partial charge in [-0.3, -0.25) is 0 Å². The third-order valence-electron chi connectivity index (χ3n) is 1.88. The zero-order chi connectivity index (χ0) is 19.2. The summed E-state index contributed by atoms with van der Waals surface area (Å²) >= 11 is 0. The van der Waals surface area contributed by atoms with Gasteiger partial charge in [-0.1, -0.05) is 71.8 Å². The van der Waals surface area contributed by atoms with Gasteiger partial charge in [-0.25, -0.2) is 0 Å². The fraction of sp³-hybridized carbons (Fsp3) is 0.143. The molecule has 0 nitrogen and oxygen atoms in total. The molecule has 0 amide bonds. The Morgan fingerprint density at radius 3 is 0.720 bits per heavy atom. The first-order chi connectivity index (χ1) is 10.8. The number of halogens is 8. The average Bonchev–Trinajstić information content (AvgIpc) is 2.37. The Morgan fingerprint density at radius 1 is 0.480 bits per heavy atom. The van der Waals surface area contributed by atoms with Crippen LogP contribution in [0.5, 0.6) is 0 Å². The molecule has 0 bridgehead atoms. The summed E-state index contributed by atoms with van der Waals surface area (Å²) in [6.07, 6.45) is 0. The van der Waals surface area contributed by atoms with E-state index in [1.165, 1.54) is 11.1 Å². The molecule has 0 heterocycles. The van der Waals surface area contributed by atoms with E-state index in [9.17, 15) is 0 Å². The quantitative estimate of drug-likeness (QED) is 0.239. The fourth-order valence-corrected chi connectivity index (χ4v) is 1.07. The summed E-state index contributed by atoms with van der Waals surface area (Å²) in [6, 6.07) is 20.5. The summed E-state index contributed by atoms with van der Waals surface area (Å²) in [4.78, 5) is 0. The van der Waals surface area contributed by atoms with E-state index in [0.29, 0.717) is 0 Å². The molecule has 0 atom stereocenters. The van der Waals surface area contributed by atoms with Gasteiger partial charge in [0.15, 0.2) is 0 Å². The van der Waals surface area contributed by atoms with Crippen LogP contribution in [0.3, 0.4) is 0 Å². The van der Waals surface area contributed by atoms with Crippen LogP contribution in [0.4, 0.5) is 0 Å². The molecule has 0 aliphatic heterocycles. The van der Waals surface area contributed by atoms with Crippen molar-refractivity contribution in [1.82, 2.24) is 0 Å². The predicted octanol–water partition coefficient (Wildman–Crippen LogP) is 8.74. The largest absolute Gasteiger partial charge is 2.00 e. The van der Waals surface area contributed by atoms with Crippen LogP contribution >= 0.6 is 80.4 Å². The monoisotopic (exact) mass is 720 g/mol. The van der Waals surface area contributed by atoms with E-state index >= 15 is 0 Å². The summed E-state index contributed by atoms with van der Waals surface area (Å²) in [5.41, 5.74) is 2.64. The fourth-order valence-electron chi connectivity index (χ4n) is 1.07. The van der Waals surface area contributed by atoms with Gasteiger partial charge < -0.3 is 80.4 Å². The van der Waals surface area contributed by atoms with Crippen molar-refractivity contribution in [1.29, 1.82) is 0 Å². The first-order valence-electron chi connectivity index (χ1n) is 6.57. The minimum atomic E-state index is -2.94. The molecule has 2 aromatic carbocycles. The summed E-state index contributed by atoms with van der Waals surface area (Å²) in [5.74, 6) is 0. The molecule has 0 fully saturated rings. The van der Waals surface area contributed by atoms with Crippen LogP contribution in [0, 0.1) is 13.8 Å². The van der Waals surface area contributed by atoms with E-state index in [4.69, 9.17) is 80.4 Å². The molecule has 0 unspecified atom stereocenters. The topological polar surface area (TPSA) is 0 Å². The third kappa shape index (κ3) is 46.6. The van der Waals surface area contributed by atoms with Gasteiger partial charge in [0.25, 0.3) is 0 Å². The molecule has 25 heavy (non-hydrogen) atoms. The Balaban J connectivity index is -0.000000259. The number of rotatable bonds is 0. The molecule has 136 valence electrons. The summed E-state index contributed by atoms with van der Waals surface area (Å²) in [5, 5.41) is 0. The first-order valence-corrected chi connectivity index (χ1v) is 20.5. The number of aryl methyl sites for hydroxylation is 2. The summed E-state index contributed by atoms with van der Waals surface area (Å²) in [7, 11) is 34.1. The van der Waals surface area contributed by atoms with E-state index in [1.807, 2.05) is 36.4 Å². The van der Waals surface area contributed by atoms with Crippen molar-refractivity contribution in [2.24, 2.45) is 0 Å². The Labute approximate surface area is 209 Å². The van der Waals surface area contributed by atoms with Gasteiger partial charge in [0.2, 0.25) is 0 Å². The van der Waals surface area contributed by atoms with Crippen LogP contribution in [-0.2, 0) is 27.7 Å². The Morgan fingerprint density at radius 2 is 0.640 bits per heavy atom. The molecule has 0 aromatic heterocycles. The summed E-state index contributed by atoms with van der Waals surface area (Å²) < 4.78 is 0. The van der Waals surface area contributed by atoms with E-state index < -0.39 is 18.8 Å². The normalized spacial score (nSPS) is 9.68. The van der Waals surface area contributed by atoms with Crippen LogP contribution < -0.4 is 0 Å². The molecular formula is C14H16Al2Cl8Hg. The van der Waals surface area contributed by atoms with Crippen molar-refractivity contribution in [3.8, 4) is 0 Å². The second-order valence-corrected chi connectivity index (χ2v) is 30.0. The van der Waals surface area contributed by atoms with Crippen molar-refractivity contribution >= 4 is 99.2 Å². The van der Waals surface area contributed by atoms with Crippen molar-refractivity contribution in [3.63, 3.8) is 0 Å². The Bertz CT molecular complexity index is 456. The Hall–Kier alpha value is 2.76. The number of benzene rings is 2. The van der Waals surface area contributed by atoms with Gasteiger partial charge in [0.05, 0.1) is 0 Å². The van der Waals surface area contributed by atoms with Crippen molar-refractivity contribution in [3.05, 3.63) is 71.8 Å². The van der Waals surface area contributed by atoms with E-state index in [-0.39, 0.29) is 27.7 Å². The van der Waals surface area contributed by atoms with Crippen LogP contribution in [0.25, 0.3) is 0 Å². The molecular weight excluding hydrogens is 706 g/mol. The molecule has 2 aromatic rings. The van der Waals surface area contributed by atoms with Gasteiger partial charge in [0, 0.05) is 0 Å². The zero-order valence-electron chi connectivity index (χ0n) is 13.7. The van der Waals surface area contributed by atoms with E-state index in [1.54, 1.807) is 0 Å². The molecule has 0 spiro atoms. The van der Waals surface area contributed by atoms with Gasteiger partial charge in [-0.2, -0.15) is 0 Å². The molecule has 0 saturated heterocycles. The molecule has 11 heteroatoms. The third-order valence-corrected chi connectivity index (χ3v) is 1.88. The summed E-state index contributed by atoms with van der Waals surface area (Å²) in [6.45, 7) is 4.17. The standard InChI is InChI=1S/2C7H8.2Al.8ClH.Hg/c2*1-7-5-3-2-4-6-7;;;;;;;;;;;/h2*2-6H,1H3;;;8*1H;/q;;2*+3;;;;;;;;;+2/p-8. The van der Waals surface area contributed by atoms with Crippen LogP contribution in [0.1, 0.15) is 11.1 Å². The number of hydrogen-bond acceptors (Lipinski definition) is 0. The maximum atomic E-state index is 4.99. The number of hydrogen-bond donors (Lipinski definition) is 0. The molecule has 0 N–H and O–H groups in total. The second-order valence-electron chi connectivity index (χ2n) is 4.30. The SMILES string of the molecule is Cc1ccccc1.Cc1ccccc1.[Cl][Al-]([Cl])([Cl])[Cl].[Cl][Al-]([Cl])([Cl])[Cl].[Hg+2]. The first kappa shape index (κ1) is 32.4. The van der Waals surface area contributed by atoms with Crippen LogP contribution in [-0.4, -0.2) is 18.8 Å². The molecule has 0 aliphatic rings. The van der Waals surface area contributed by atoms with Crippen LogP contribution in [0.2, 0.25) is 0 Å². The molecule has 2 rings (SSSR count). The van der Waals surface area contributed by atoms with Crippen molar-refractivity contribution < 1.29 is 27.7 Å². The predicted molar refractivity (Wildman–Crippen MR) is 121 cm³/mol. The van der Waals surface area contributed by atoms with E-state index in [2.05, 4.69) is 38.1 Å².